The summed E-state index contributed by atoms with van der Waals surface area (Å²) < 4.78 is 24.6. The minimum absolute atomic E-state index is 0. The molecule has 0 aliphatic carbocycles. The number of aromatic carboxylic acids is 1. The van der Waals surface area contributed by atoms with Crippen molar-refractivity contribution in [3.63, 3.8) is 0 Å². The summed E-state index contributed by atoms with van der Waals surface area (Å²) in [5.74, 6) is -2.00. The van der Waals surface area contributed by atoms with Gasteiger partial charge in [-0.15, -0.1) is 0 Å². The van der Waals surface area contributed by atoms with Gasteiger partial charge in [-0.25, -0.2) is 0 Å². The van der Waals surface area contributed by atoms with Gasteiger partial charge < -0.3 is 29.3 Å². The SMILES string of the molecule is [2H]C1([2H])Cc2ccc(OC)c(C(=O)[O-])c2O[B-]1(O)O.[Na+].[Na+]. The number of carboxylic acid groups (broad SMARTS) is 1. The fourth-order valence-electron chi connectivity index (χ4n) is 1.69. The number of benzene rings is 1. The number of carboxylic acids is 1. The summed E-state index contributed by atoms with van der Waals surface area (Å²) in [5.41, 5.74) is -0.268. The molecule has 0 amide bonds. The molecule has 1 aliphatic heterocycles. The van der Waals surface area contributed by atoms with Crippen LogP contribution in [0.15, 0.2) is 12.1 Å². The standard InChI is InChI=1S/C10H12BO6.2Na/c1-16-7-3-2-6-4-5-11(14,15)17-9(6)8(7)10(12)13;;/h2-3,14-15H,4-5H2,1H3,(H,12,13);;/q-1;2*+1/p-1/i5D2;;. The average molecular weight is 286 g/mol. The molecule has 1 aromatic carbocycles. The van der Waals surface area contributed by atoms with Crippen molar-refractivity contribution in [2.75, 3.05) is 7.11 Å². The molecule has 1 aromatic rings. The third-order valence-electron chi connectivity index (χ3n) is 2.47. The maximum Gasteiger partial charge on any atom is 1.00 e. The van der Waals surface area contributed by atoms with E-state index in [4.69, 9.17) is 12.1 Å². The number of methoxy groups -OCH3 is 1. The van der Waals surface area contributed by atoms with Crippen molar-refractivity contribution in [1.82, 2.24) is 0 Å². The Bertz CT molecular complexity index is 555. The second-order valence-electron chi connectivity index (χ2n) is 3.62. The molecule has 0 spiro atoms. The molecule has 1 aliphatic rings. The Morgan fingerprint density at radius 3 is 2.68 bits per heavy atom. The van der Waals surface area contributed by atoms with E-state index >= 15 is 0 Å². The van der Waals surface area contributed by atoms with Crippen LogP contribution in [-0.2, 0) is 6.42 Å². The molecule has 19 heavy (non-hydrogen) atoms. The smallest absolute Gasteiger partial charge is 0.669 e. The van der Waals surface area contributed by atoms with Gasteiger partial charge in [0.05, 0.1) is 24.4 Å². The summed E-state index contributed by atoms with van der Waals surface area (Å²) in [4.78, 5) is 11.1. The first-order valence-electron chi connectivity index (χ1n) is 5.88. The summed E-state index contributed by atoms with van der Waals surface area (Å²) >= 11 is 0. The van der Waals surface area contributed by atoms with E-state index in [-0.39, 0.29) is 82.6 Å². The summed E-state index contributed by atoms with van der Waals surface area (Å²) in [7, 11) is 1.24. The van der Waals surface area contributed by atoms with Gasteiger partial charge in [0.1, 0.15) is 5.75 Å². The van der Waals surface area contributed by atoms with Crippen molar-refractivity contribution in [2.45, 2.75) is 12.7 Å². The predicted molar refractivity (Wildman–Crippen MR) is 56.7 cm³/mol. The number of hydrogen-bond donors (Lipinski definition) is 2. The molecule has 92 valence electrons. The topological polar surface area (TPSA) is 99.1 Å². The monoisotopic (exact) mass is 286 g/mol. The summed E-state index contributed by atoms with van der Waals surface area (Å²) in [6, 6.07) is 2.74. The quantitative estimate of drug-likeness (QED) is 0.524. The fraction of sp³-hybridized carbons (Fsp3) is 0.300. The largest absolute Gasteiger partial charge is 1.00 e. The van der Waals surface area contributed by atoms with Gasteiger partial charge in [-0.3, -0.25) is 0 Å². The zero-order chi connectivity index (χ0) is 14.4. The summed E-state index contributed by atoms with van der Waals surface area (Å²) in [6.45, 7) is -3.83. The number of fused-ring (bicyclic) bond motifs is 1. The number of aryl methyl sites for hydroxylation is 1. The van der Waals surface area contributed by atoms with Gasteiger partial charge in [0.15, 0.2) is 0 Å². The number of ether oxygens (including phenoxy) is 1. The second kappa shape index (κ2) is 7.33. The van der Waals surface area contributed by atoms with Crippen LogP contribution in [0.2, 0.25) is 6.27 Å². The predicted octanol–water partition coefficient (Wildman–Crippen LogP) is -7.07. The van der Waals surface area contributed by atoms with Gasteiger partial charge in [0.2, 0.25) is 0 Å². The van der Waals surface area contributed by atoms with Crippen molar-refractivity contribution in [3.05, 3.63) is 23.3 Å². The van der Waals surface area contributed by atoms with Crippen molar-refractivity contribution >= 4 is 12.7 Å². The van der Waals surface area contributed by atoms with Crippen LogP contribution in [0.4, 0.5) is 0 Å². The molecule has 0 aromatic heterocycles. The van der Waals surface area contributed by atoms with Crippen LogP contribution in [0.1, 0.15) is 18.7 Å². The van der Waals surface area contributed by atoms with Crippen LogP contribution in [0.3, 0.4) is 0 Å². The Morgan fingerprint density at radius 2 is 2.16 bits per heavy atom. The molecule has 0 bridgehead atoms. The van der Waals surface area contributed by atoms with E-state index < -0.39 is 24.6 Å². The second-order valence-corrected chi connectivity index (χ2v) is 3.62. The van der Waals surface area contributed by atoms with Crippen molar-refractivity contribution in [3.8, 4) is 11.5 Å². The zero-order valence-electron chi connectivity index (χ0n) is 13.0. The van der Waals surface area contributed by atoms with Crippen molar-refractivity contribution < 1.29 is 91.2 Å². The van der Waals surface area contributed by atoms with Crippen LogP contribution < -0.4 is 73.6 Å². The maximum absolute atomic E-state index is 11.1. The number of carbonyl (C=O) groups excluding carboxylic acids is 1. The molecule has 0 radical (unpaired) electrons. The fourth-order valence-corrected chi connectivity index (χ4v) is 1.69. The zero-order valence-corrected chi connectivity index (χ0v) is 15.0. The Morgan fingerprint density at radius 1 is 1.53 bits per heavy atom. The molecule has 0 saturated carbocycles. The Kier molecular flexibility index (Phi) is 6.04. The van der Waals surface area contributed by atoms with Crippen LogP contribution in [0.25, 0.3) is 0 Å². The van der Waals surface area contributed by atoms with E-state index in [0.717, 1.165) is 0 Å². The van der Waals surface area contributed by atoms with E-state index in [2.05, 4.69) is 0 Å². The van der Waals surface area contributed by atoms with Crippen LogP contribution in [-0.4, -0.2) is 29.9 Å². The van der Waals surface area contributed by atoms with E-state index in [9.17, 15) is 19.9 Å². The van der Waals surface area contributed by atoms with E-state index in [1.165, 1.54) is 19.2 Å². The van der Waals surface area contributed by atoms with Crippen LogP contribution >= 0.6 is 0 Å². The van der Waals surface area contributed by atoms with Gasteiger partial charge in [-0.2, -0.15) is 0 Å². The minimum atomic E-state index is -3.83. The summed E-state index contributed by atoms with van der Waals surface area (Å²) in [6.07, 6.45) is -2.80. The maximum atomic E-state index is 11.1. The molecule has 2 rings (SSSR count). The van der Waals surface area contributed by atoms with Gasteiger partial charge in [0.25, 0.3) is 0 Å². The molecule has 2 N–H and O–H groups in total. The Balaban J connectivity index is 0.00000200. The molecule has 6 nitrogen and oxygen atoms in total. The van der Waals surface area contributed by atoms with E-state index in [1.807, 2.05) is 0 Å². The van der Waals surface area contributed by atoms with Gasteiger partial charge >= 0.3 is 65.9 Å². The third-order valence-corrected chi connectivity index (χ3v) is 2.47. The molecule has 1 heterocycles. The Labute approximate surface area is 157 Å². The van der Waals surface area contributed by atoms with Gasteiger partial charge in [-0.1, -0.05) is 12.3 Å². The molecular weight excluding hydrogens is 273 g/mol. The molecule has 0 unspecified atom stereocenters. The van der Waals surface area contributed by atoms with Crippen molar-refractivity contribution in [2.24, 2.45) is 0 Å². The number of carbonyl (C=O) groups is 1. The molecule has 9 heteroatoms. The molecular formula is C10H11BNa2O6. The third kappa shape index (κ3) is 4.12. The van der Waals surface area contributed by atoms with Crippen LogP contribution in [0, 0.1) is 0 Å². The van der Waals surface area contributed by atoms with E-state index in [0.29, 0.717) is 0 Å². The molecule has 0 saturated heterocycles. The number of hydrogen-bond acceptors (Lipinski definition) is 6. The summed E-state index contributed by atoms with van der Waals surface area (Å²) in [5, 5.41) is 30.3. The van der Waals surface area contributed by atoms with Gasteiger partial charge in [-0.05, 0) is 20.8 Å². The van der Waals surface area contributed by atoms with Gasteiger partial charge in [0, 0.05) is 0 Å². The first kappa shape index (κ1) is 15.7. The normalized spacial score (nSPS) is 19.3. The average Bonchev–Trinajstić information content (AvgIpc) is 2.28. The Hall–Kier alpha value is 0.275. The van der Waals surface area contributed by atoms with Crippen molar-refractivity contribution in [1.29, 1.82) is 0 Å². The minimum Gasteiger partial charge on any atom is -0.669 e. The number of rotatable bonds is 2. The first-order chi connectivity index (χ1) is 8.69. The first-order valence-corrected chi connectivity index (χ1v) is 4.88. The van der Waals surface area contributed by atoms with Crippen LogP contribution in [0.5, 0.6) is 11.5 Å². The van der Waals surface area contributed by atoms with E-state index in [1.54, 1.807) is 0 Å². The molecule has 0 atom stereocenters. The molecule has 0 fully saturated rings.